The van der Waals surface area contributed by atoms with Crippen LogP contribution in [-0.4, -0.2) is 0 Å². The number of halogens is 1. The maximum atomic E-state index is 3.53. The third kappa shape index (κ3) is 6.07. The third-order valence-corrected chi connectivity index (χ3v) is 3.61. The van der Waals surface area contributed by atoms with Crippen molar-refractivity contribution in [2.75, 3.05) is 0 Å². The average molecular weight is 319 g/mol. The van der Waals surface area contributed by atoms with Crippen LogP contribution in [0, 0.1) is 0 Å². The zero-order valence-electron chi connectivity index (χ0n) is 11.9. The van der Waals surface area contributed by atoms with Crippen LogP contribution in [-0.2, 0) is 0 Å². The second kappa shape index (κ2) is 9.80. The molecule has 0 heterocycles. The van der Waals surface area contributed by atoms with Gasteiger partial charge in [-0.2, -0.15) is 0 Å². The summed E-state index contributed by atoms with van der Waals surface area (Å²) in [5, 5.41) is 0. The first-order valence-corrected chi connectivity index (χ1v) is 7.88. The quantitative estimate of drug-likeness (QED) is 0.550. The molecule has 19 heavy (non-hydrogen) atoms. The summed E-state index contributed by atoms with van der Waals surface area (Å²) in [7, 11) is 0. The highest BCUT2D eigenvalue weighted by atomic mass is 79.9. The van der Waals surface area contributed by atoms with Crippen LogP contribution in [0.15, 0.2) is 59.1 Å². The minimum atomic E-state index is 1.14. The van der Waals surface area contributed by atoms with E-state index in [2.05, 4.69) is 66.2 Å². The topological polar surface area (TPSA) is 0 Å². The Morgan fingerprint density at radius 3 is 1.79 bits per heavy atom. The number of unbranched alkanes of at least 4 members (excludes halogenated alkanes) is 3. The summed E-state index contributed by atoms with van der Waals surface area (Å²) in [6, 6.07) is 18.6. The summed E-state index contributed by atoms with van der Waals surface area (Å²) >= 11 is 3.53. The van der Waals surface area contributed by atoms with Crippen molar-refractivity contribution < 1.29 is 0 Å². The lowest BCUT2D eigenvalue weighted by Crippen LogP contribution is -1.77. The van der Waals surface area contributed by atoms with Crippen molar-refractivity contribution in [3.63, 3.8) is 0 Å². The van der Waals surface area contributed by atoms with Crippen LogP contribution in [0.5, 0.6) is 0 Å². The van der Waals surface area contributed by atoms with Gasteiger partial charge in [0, 0.05) is 4.47 Å². The molecule has 2 aromatic rings. The van der Waals surface area contributed by atoms with Gasteiger partial charge < -0.3 is 0 Å². The zero-order valence-corrected chi connectivity index (χ0v) is 13.5. The summed E-state index contributed by atoms with van der Waals surface area (Å²) < 4.78 is 1.14. The van der Waals surface area contributed by atoms with Gasteiger partial charge in [0.1, 0.15) is 0 Å². The smallest absolute Gasteiger partial charge is 0.0253 e. The number of hydrogen-bond donors (Lipinski definition) is 0. The molecule has 0 atom stereocenters. The fraction of sp³-hybridized carbons (Fsp3) is 0.333. The lowest BCUT2D eigenvalue weighted by molar-refractivity contribution is 0.702. The van der Waals surface area contributed by atoms with E-state index in [9.17, 15) is 0 Å². The lowest BCUT2D eigenvalue weighted by Gasteiger charge is -2.02. The van der Waals surface area contributed by atoms with Crippen molar-refractivity contribution in [1.29, 1.82) is 0 Å². The standard InChI is InChI=1S/C12H9Br.C6H14/c13-12-9-5-4-8-11(12)10-6-2-1-3-7-10;1-3-5-6-4-2/h1-9H;3-6H2,1-2H3. The third-order valence-electron chi connectivity index (χ3n) is 2.92. The molecular formula is C18H23Br. The Labute approximate surface area is 126 Å². The highest BCUT2D eigenvalue weighted by Gasteiger charge is 1.99. The molecule has 0 saturated carbocycles. The van der Waals surface area contributed by atoms with E-state index in [1.165, 1.54) is 36.8 Å². The largest absolute Gasteiger partial charge is 0.0654 e. The second-order valence-electron chi connectivity index (χ2n) is 4.55. The predicted molar refractivity (Wildman–Crippen MR) is 89.4 cm³/mol. The number of rotatable bonds is 4. The van der Waals surface area contributed by atoms with Crippen molar-refractivity contribution in [2.24, 2.45) is 0 Å². The van der Waals surface area contributed by atoms with Crippen LogP contribution in [0.25, 0.3) is 11.1 Å². The molecule has 0 aliphatic heterocycles. The Hall–Kier alpha value is -1.08. The van der Waals surface area contributed by atoms with Crippen LogP contribution in [0.4, 0.5) is 0 Å². The molecule has 0 aliphatic rings. The number of benzene rings is 2. The fourth-order valence-electron chi connectivity index (χ4n) is 1.81. The molecule has 2 rings (SSSR count). The summed E-state index contributed by atoms with van der Waals surface area (Å²) in [6.45, 7) is 4.46. The van der Waals surface area contributed by atoms with Crippen molar-refractivity contribution >= 4 is 15.9 Å². The van der Waals surface area contributed by atoms with Gasteiger partial charge in [-0.1, -0.05) is 104 Å². The molecule has 0 nitrogen and oxygen atoms in total. The van der Waals surface area contributed by atoms with Crippen molar-refractivity contribution in [2.45, 2.75) is 39.5 Å². The monoisotopic (exact) mass is 318 g/mol. The minimum absolute atomic E-state index is 1.14. The Morgan fingerprint density at radius 2 is 1.26 bits per heavy atom. The maximum absolute atomic E-state index is 3.53. The Bertz CT molecular complexity index is 444. The second-order valence-corrected chi connectivity index (χ2v) is 5.41. The van der Waals surface area contributed by atoms with Crippen LogP contribution < -0.4 is 0 Å². The van der Waals surface area contributed by atoms with Gasteiger partial charge in [-0.3, -0.25) is 0 Å². The molecule has 0 fully saturated rings. The first-order chi connectivity index (χ1) is 9.29. The van der Waals surface area contributed by atoms with Gasteiger partial charge in [0.05, 0.1) is 0 Å². The molecule has 1 heteroatoms. The van der Waals surface area contributed by atoms with E-state index in [1.807, 2.05) is 18.2 Å². The van der Waals surface area contributed by atoms with E-state index in [1.54, 1.807) is 0 Å². The molecule has 0 N–H and O–H groups in total. The first-order valence-electron chi connectivity index (χ1n) is 7.09. The average Bonchev–Trinajstić information content (AvgIpc) is 2.47. The van der Waals surface area contributed by atoms with E-state index in [-0.39, 0.29) is 0 Å². The van der Waals surface area contributed by atoms with Crippen molar-refractivity contribution in [3.05, 3.63) is 59.1 Å². The van der Waals surface area contributed by atoms with Crippen LogP contribution in [0.3, 0.4) is 0 Å². The normalized spacial score (nSPS) is 9.63. The molecular weight excluding hydrogens is 296 g/mol. The molecule has 0 amide bonds. The molecule has 0 unspecified atom stereocenters. The van der Waals surface area contributed by atoms with Gasteiger partial charge in [0.2, 0.25) is 0 Å². The molecule has 0 radical (unpaired) electrons. The minimum Gasteiger partial charge on any atom is -0.0654 e. The summed E-state index contributed by atoms with van der Waals surface area (Å²) in [5.74, 6) is 0. The summed E-state index contributed by atoms with van der Waals surface area (Å²) in [6.07, 6.45) is 5.54. The van der Waals surface area contributed by atoms with E-state index in [4.69, 9.17) is 0 Å². The Balaban J connectivity index is 0.000000258. The van der Waals surface area contributed by atoms with Crippen molar-refractivity contribution in [1.82, 2.24) is 0 Å². The molecule has 0 spiro atoms. The Morgan fingerprint density at radius 1 is 0.737 bits per heavy atom. The van der Waals surface area contributed by atoms with Crippen LogP contribution >= 0.6 is 15.9 Å². The maximum Gasteiger partial charge on any atom is 0.0253 e. The van der Waals surface area contributed by atoms with Gasteiger partial charge in [-0.25, -0.2) is 0 Å². The van der Waals surface area contributed by atoms with Gasteiger partial charge in [-0.15, -0.1) is 0 Å². The fourth-order valence-corrected chi connectivity index (χ4v) is 2.33. The lowest BCUT2D eigenvalue weighted by atomic mass is 10.1. The highest BCUT2D eigenvalue weighted by molar-refractivity contribution is 9.10. The molecule has 0 saturated heterocycles. The first kappa shape index (κ1) is 16.0. The van der Waals surface area contributed by atoms with Gasteiger partial charge in [0.25, 0.3) is 0 Å². The summed E-state index contributed by atoms with van der Waals surface area (Å²) in [4.78, 5) is 0. The van der Waals surface area contributed by atoms with Gasteiger partial charge >= 0.3 is 0 Å². The Kier molecular flexibility index (Phi) is 8.24. The molecule has 102 valence electrons. The molecule has 2 aromatic carbocycles. The highest BCUT2D eigenvalue weighted by Crippen LogP contribution is 2.27. The van der Waals surface area contributed by atoms with Gasteiger partial charge in [0.15, 0.2) is 0 Å². The summed E-state index contributed by atoms with van der Waals surface area (Å²) in [5.41, 5.74) is 2.48. The van der Waals surface area contributed by atoms with E-state index in [0.717, 1.165) is 4.47 Å². The van der Waals surface area contributed by atoms with Crippen LogP contribution in [0.2, 0.25) is 0 Å². The van der Waals surface area contributed by atoms with Crippen molar-refractivity contribution in [3.8, 4) is 11.1 Å². The van der Waals surface area contributed by atoms with Crippen LogP contribution in [0.1, 0.15) is 39.5 Å². The zero-order chi connectivity index (χ0) is 13.9. The van der Waals surface area contributed by atoms with Gasteiger partial charge in [-0.05, 0) is 17.2 Å². The number of hydrogen-bond acceptors (Lipinski definition) is 0. The van der Waals surface area contributed by atoms with E-state index < -0.39 is 0 Å². The molecule has 0 aliphatic carbocycles. The molecule has 0 aromatic heterocycles. The van der Waals surface area contributed by atoms with E-state index >= 15 is 0 Å². The molecule has 0 bridgehead atoms. The SMILES string of the molecule is Brc1ccccc1-c1ccccc1.CCCCCC. The predicted octanol–water partition coefficient (Wildman–Crippen LogP) is 6.70. The van der Waals surface area contributed by atoms with E-state index in [0.29, 0.717) is 0 Å².